The summed E-state index contributed by atoms with van der Waals surface area (Å²) in [6, 6.07) is 2.53. The molecule has 1 rings (SSSR count). The van der Waals surface area contributed by atoms with Crippen molar-refractivity contribution in [3.8, 4) is 6.07 Å². The van der Waals surface area contributed by atoms with Crippen LogP contribution in [0.4, 0.5) is 19.0 Å². The zero-order valence-corrected chi connectivity index (χ0v) is 13.3. The van der Waals surface area contributed by atoms with Gasteiger partial charge in [0.25, 0.3) is 0 Å². The minimum absolute atomic E-state index is 0.000935. The zero-order chi connectivity index (χ0) is 16.9. The average molecular weight is 327 g/mol. The molecule has 0 bridgehead atoms. The molecule has 0 spiro atoms. The Bertz CT molecular complexity index is 628. The van der Waals surface area contributed by atoms with E-state index in [1.165, 1.54) is 22.7 Å². The standard InChI is InChI=1S/C15H16F3N3S/c1-5-7-13(22-6-2)12-8-11(15(16,17)18)10(9-19)14(20-12)21(3)4/h5,7-8H,1,6H2,2-4H3/b13-7-. The first-order chi connectivity index (χ1) is 10.3. The Labute approximate surface area is 132 Å². The highest BCUT2D eigenvalue weighted by molar-refractivity contribution is 8.08. The molecule has 0 aliphatic heterocycles. The van der Waals surface area contributed by atoms with E-state index in [0.717, 1.165) is 6.07 Å². The highest BCUT2D eigenvalue weighted by atomic mass is 32.2. The summed E-state index contributed by atoms with van der Waals surface area (Å²) in [5, 5.41) is 9.10. The van der Waals surface area contributed by atoms with Gasteiger partial charge in [0, 0.05) is 19.0 Å². The van der Waals surface area contributed by atoms with Crippen molar-refractivity contribution in [1.82, 2.24) is 4.98 Å². The van der Waals surface area contributed by atoms with Crippen molar-refractivity contribution in [2.45, 2.75) is 13.1 Å². The van der Waals surface area contributed by atoms with Gasteiger partial charge in [0.1, 0.15) is 17.5 Å². The molecule has 1 heterocycles. The van der Waals surface area contributed by atoms with Crippen molar-refractivity contribution in [2.75, 3.05) is 24.7 Å². The molecule has 3 nitrogen and oxygen atoms in total. The minimum atomic E-state index is -4.62. The monoisotopic (exact) mass is 327 g/mol. The fourth-order valence-electron chi connectivity index (χ4n) is 1.79. The molecule has 0 saturated carbocycles. The first-order valence-corrected chi connectivity index (χ1v) is 7.40. The predicted octanol–water partition coefficient (Wildman–Crippen LogP) is 4.32. The summed E-state index contributed by atoms with van der Waals surface area (Å²) < 4.78 is 39.8. The normalized spacial score (nSPS) is 12.0. The van der Waals surface area contributed by atoms with E-state index in [9.17, 15) is 13.2 Å². The molecule has 0 saturated heterocycles. The molecule has 22 heavy (non-hydrogen) atoms. The molecule has 1 aromatic heterocycles. The third kappa shape index (κ3) is 4.04. The molecule has 118 valence electrons. The molecule has 0 aliphatic carbocycles. The van der Waals surface area contributed by atoms with Gasteiger partial charge >= 0.3 is 6.18 Å². The van der Waals surface area contributed by atoms with E-state index in [1.807, 2.05) is 6.92 Å². The zero-order valence-electron chi connectivity index (χ0n) is 12.5. The largest absolute Gasteiger partial charge is 0.417 e. The van der Waals surface area contributed by atoms with Crippen molar-refractivity contribution >= 4 is 22.5 Å². The van der Waals surface area contributed by atoms with Crippen molar-refractivity contribution in [1.29, 1.82) is 5.26 Å². The second-order valence-electron chi connectivity index (χ2n) is 4.46. The Morgan fingerprint density at radius 1 is 1.50 bits per heavy atom. The lowest BCUT2D eigenvalue weighted by atomic mass is 10.1. The van der Waals surface area contributed by atoms with Crippen LogP contribution in [0, 0.1) is 11.3 Å². The third-order valence-corrected chi connectivity index (χ3v) is 3.61. The van der Waals surface area contributed by atoms with Gasteiger partial charge in [-0.1, -0.05) is 19.6 Å². The predicted molar refractivity (Wildman–Crippen MR) is 84.6 cm³/mol. The van der Waals surface area contributed by atoms with Crippen LogP contribution in [0.25, 0.3) is 4.91 Å². The Morgan fingerprint density at radius 2 is 2.14 bits per heavy atom. The number of alkyl halides is 3. The quantitative estimate of drug-likeness (QED) is 0.755. The van der Waals surface area contributed by atoms with Crippen molar-refractivity contribution in [3.63, 3.8) is 0 Å². The van der Waals surface area contributed by atoms with E-state index in [0.29, 0.717) is 10.7 Å². The second-order valence-corrected chi connectivity index (χ2v) is 5.76. The molecule has 7 heteroatoms. The average Bonchev–Trinajstić information content (AvgIpc) is 2.44. The van der Waals surface area contributed by atoms with Gasteiger partial charge in [0.05, 0.1) is 11.3 Å². The van der Waals surface area contributed by atoms with Gasteiger partial charge in [-0.25, -0.2) is 4.98 Å². The summed E-state index contributed by atoms with van der Waals surface area (Å²) >= 11 is 1.37. The highest BCUT2D eigenvalue weighted by Crippen LogP contribution is 2.38. The lowest BCUT2D eigenvalue weighted by Crippen LogP contribution is -2.18. The molecular weight excluding hydrogens is 311 g/mol. The van der Waals surface area contributed by atoms with Crippen LogP contribution >= 0.6 is 11.8 Å². The molecule has 0 fully saturated rings. The van der Waals surface area contributed by atoms with Gasteiger partial charge in [-0.2, -0.15) is 18.4 Å². The van der Waals surface area contributed by atoms with Gasteiger partial charge in [-0.15, -0.1) is 11.8 Å². The maximum Gasteiger partial charge on any atom is 0.417 e. The Morgan fingerprint density at radius 3 is 2.55 bits per heavy atom. The molecule has 0 aliphatic rings. The van der Waals surface area contributed by atoms with E-state index >= 15 is 0 Å². The summed E-state index contributed by atoms with van der Waals surface area (Å²) in [4.78, 5) is 6.20. The van der Waals surface area contributed by atoms with E-state index in [4.69, 9.17) is 5.26 Å². The number of hydrogen-bond acceptors (Lipinski definition) is 4. The van der Waals surface area contributed by atoms with Crippen LogP contribution in [0.1, 0.15) is 23.7 Å². The van der Waals surface area contributed by atoms with Gasteiger partial charge in [-0.05, 0) is 17.9 Å². The maximum absolute atomic E-state index is 13.3. The Hall–Kier alpha value is -1.94. The fraction of sp³-hybridized carbons (Fsp3) is 0.333. The molecule has 0 atom stereocenters. The number of pyridine rings is 1. The van der Waals surface area contributed by atoms with E-state index in [1.54, 1.807) is 26.2 Å². The van der Waals surface area contributed by atoms with Gasteiger partial charge in [0.2, 0.25) is 0 Å². The first kappa shape index (κ1) is 18.1. The summed E-state index contributed by atoms with van der Waals surface area (Å²) in [5.41, 5.74) is -1.27. The van der Waals surface area contributed by atoms with Gasteiger partial charge in [-0.3, -0.25) is 0 Å². The maximum atomic E-state index is 13.3. The number of anilines is 1. The molecule has 1 aromatic rings. The SMILES string of the molecule is C=C/C=C(\SCC)c1cc(C(F)(F)F)c(C#N)c(N(C)C)n1. The number of aromatic nitrogens is 1. The van der Waals surface area contributed by atoms with Gasteiger partial charge < -0.3 is 4.90 Å². The van der Waals surface area contributed by atoms with Crippen LogP contribution in [0.5, 0.6) is 0 Å². The lowest BCUT2D eigenvalue weighted by Gasteiger charge is -2.19. The molecule has 0 unspecified atom stereocenters. The number of nitriles is 1. The van der Waals surface area contributed by atoms with Crippen molar-refractivity contribution < 1.29 is 13.2 Å². The van der Waals surface area contributed by atoms with Crippen LogP contribution in [-0.4, -0.2) is 24.8 Å². The number of rotatable bonds is 5. The van der Waals surface area contributed by atoms with Crippen LogP contribution < -0.4 is 4.90 Å². The van der Waals surface area contributed by atoms with Gasteiger partial charge in [0.15, 0.2) is 0 Å². The third-order valence-electron chi connectivity index (χ3n) is 2.66. The summed E-state index contributed by atoms with van der Waals surface area (Å²) in [6.45, 7) is 5.46. The number of thioether (sulfide) groups is 1. The van der Waals surface area contributed by atoms with Crippen LogP contribution in [0.2, 0.25) is 0 Å². The van der Waals surface area contributed by atoms with E-state index in [-0.39, 0.29) is 11.5 Å². The van der Waals surface area contributed by atoms with Crippen LogP contribution in [-0.2, 0) is 6.18 Å². The van der Waals surface area contributed by atoms with Crippen LogP contribution in [0.15, 0.2) is 24.8 Å². The Kier molecular flexibility index (Phi) is 6.06. The lowest BCUT2D eigenvalue weighted by molar-refractivity contribution is -0.137. The van der Waals surface area contributed by atoms with E-state index < -0.39 is 17.3 Å². The molecule has 0 radical (unpaired) electrons. The number of nitrogens with zero attached hydrogens (tertiary/aromatic N) is 3. The summed E-state index contributed by atoms with van der Waals surface area (Å²) in [7, 11) is 3.11. The Balaban J connectivity index is 3.69. The number of halogens is 3. The van der Waals surface area contributed by atoms with Crippen molar-refractivity contribution in [2.24, 2.45) is 0 Å². The minimum Gasteiger partial charge on any atom is -0.362 e. The highest BCUT2D eigenvalue weighted by Gasteiger charge is 2.36. The molecular formula is C15H16F3N3S. The number of hydrogen-bond donors (Lipinski definition) is 0. The van der Waals surface area contributed by atoms with E-state index in [2.05, 4.69) is 11.6 Å². The summed E-state index contributed by atoms with van der Waals surface area (Å²) in [6.07, 6.45) is -1.51. The van der Waals surface area contributed by atoms with Crippen LogP contribution in [0.3, 0.4) is 0 Å². The molecule has 0 amide bonds. The fourth-order valence-corrected chi connectivity index (χ4v) is 2.54. The second kappa shape index (κ2) is 7.36. The number of allylic oxidation sites excluding steroid dienone is 2. The first-order valence-electron chi connectivity index (χ1n) is 6.41. The molecule has 0 aromatic carbocycles. The topological polar surface area (TPSA) is 39.9 Å². The van der Waals surface area contributed by atoms with Crippen molar-refractivity contribution in [3.05, 3.63) is 41.6 Å². The summed E-state index contributed by atoms with van der Waals surface area (Å²) in [5.74, 6) is 0.680. The smallest absolute Gasteiger partial charge is 0.362 e. The molecule has 0 N–H and O–H groups in total.